The molecule has 0 radical (unpaired) electrons. The molecule has 0 N–H and O–H groups in total. The first kappa shape index (κ1) is 11.3. The van der Waals surface area contributed by atoms with Crippen LogP contribution >= 0.6 is 12.6 Å². The molecule has 0 aromatic rings. The standard InChI is InChI=1S/C10H21NOS/c1-12-9-10-4-2-5-11(8-10)6-3-7-13/h10,13H,2-9H2,1H3. The smallest absolute Gasteiger partial charge is 0.0502 e. The predicted octanol–water partition coefficient (Wildman–Crippen LogP) is 1.66. The van der Waals surface area contributed by atoms with Crippen LogP contribution in [0, 0.1) is 5.92 Å². The number of hydrogen-bond acceptors (Lipinski definition) is 3. The maximum atomic E-state index is 5.19. The fourth-order valence-electron chi connectivity index (χ4n) is 2.02. The molecule has 1 atom stereocenters. The van der Waals surface area contributed by atoms with Crippen molar-refractivity contribution >= 4 is 12.6 Å². The van der Waals surface area contributed by atoms with E-state index in [4.69, 9.17) is 4.74 Å². The van der Waals surface area contributed by atoms with Gasteiger partial charge in [0.05, 0.1) is 6.61 Å². The average Bonchev–Trinajstić information content (AvgIpc) is 2.16. The van der Waals surface area contributed by atoms with Gasteiger partial charge in [-0.1, -0.05) is 0 Å². The molecule has 3 heteroatoms. The molecule has 0 spiro atoms. The number of ether oxygens (including phenoxy) is 1. The highest BCUT2D eigenvalue weighted by molar-refractivity contribution is 7.80. The van der Waals surface area contributed by atoms with Gasteiger partial charge in [0, 0.05) is 13.7 Å². The molecule has 0 saturated carbocycles. The molecule has 0 bridgehead atoms. The van der Waals surface area contributed by atoms with Crippen LogP contribution in [0.15, 0.2) is 0 Å². The first-order valence-electron chi connectivity index (χ1n) is 5.19. The Morgan fingerprint density at radius 1 is 1.54 bits per heavy atom. The quantitative estimate of drug-likeness (QED) is 0.682. The lowest BCUT2D eigenvalue weighted by Crippen LogP contribution is -2.37. The van der Waals surface area contributed by atoms with Crippen molar-refractivity contribution in [3.63, 3.8) is 0 Å². The second kappa shape index (κ2) is 6.68. The van der Waals surface area contributed by atoms with E-state index in [1.54, 1.807) is 7.11 Å². The van der Waals surface area contributed by atoms with Gasteiger partial charge in [0.2, 0.25) is 0 Å². The van der Waals surface area contributed by atoms with Crippen LogP contribution < -0.4 is 0 Å². The lowest BCUT2D eigenvalue weighted by Gasteiger charge is -2.32. The molecule has 13 heavy (non-hydrogen) atoms. The minimum Gasteiger partial charge on any atom is -0.384 e. The second-order valence-electron chi connectivity index (χ2n) is 3.84. The summed E-state index contributed by atoms with van der Waals surface area (Å²) in [5, 5.41) is 0. The van der Waals surface area contributed by atoms with Gasteiger partial charge in [-0.15, -0.1) is 0 Å². The van der Waals surface area contributed by atoms with Crippen molar-refractivity contribution in [1.29, 1.82) is 0 Å². The van der Waals surface area contributed by atoms with Gasteiger partial charge in [0.15, 0.2) is 0 Å². The van der Waals surface area contributed by atoms with Gasteiger partial charge in [-0.3, -0.25) is 0 Å². The van der Waals surface area contributed by atoms with Crippen molar-refractivity contribution in [3.05, 3.63) is 0 Å². The van der Waals surface area contributed by atoms with E-state index in [1.165, 1.54) is 38.9 Å². The van der Waals surface area contributed by atoms with E-state index in [2.05, 4.69) is 17.5 Å². The number of methoxy groups -OCH3 is 1. The number of thiol groups is 1. The van der Waals surface area contributed by atoms with Crippen molar-refractivity contribution in [3.8, 4) is 0 Å². The summed E-state index contributed by atoms with van der Waals surface area (Å²) in [7, 11) is 1.80. The summed E-state index contributed by atoms with van der Waals surface area (Å²) in [6, 6.07) is 0. The van der Waals surface area contributed by atoms with Crippen molar-refractivity contribution in [1.82, 2.24) is 4.90 Å². The maximum absolute atomic E-state index is 5.19. The Balaban J connectivity index is 2.16. The van der Waals surface area contributed by atoms with E-state index < -0.39 is 0 Å². The summed E-state index contributed by atoms with van der Waals surface area (Å²) >= 11 is 4.23. The Morgan fingerprint density at radius 2 is 2.38 bits per heavy atom. The number of likely N-dealkylation sites (tertiary alicyclic amines) is 1. The summed E-state index contributed by atoms with van der Waals surface area (Å²) in [5.74, 6) is 1.77. The van der Waals surface area contributed by atoms with E-state index in [0.717, 1.165) is 18.3 Å². The number of hydrogen-bond donors (Lipinski definition) is 1. The monoisotopic (exact) mass is 203 g/mol. The Hall–Kier alpha value is 0.270. The predicted molar refractivity (Wildman–Crippen MR) is 59.5 cm³/mol. The van der Waals surface area contributed by atoms with Crippen LogP contribution in [0.2, 0.25) is 0 Å². The minimum absolute atomic E-state index is 0.763. The van der Waals surface area contributed by atoms with Gasteiger partial charge in [-0.25, -0.2) is 0 Å². The molecule has 1 fully saturated rings. The lowest BCUT2D eigenvalue weighted by atomic mass is 9.99. The lowest BCUT2D eigenvalue weighted by molar-refractivity contribution is 0.0909. The Kier molecular flexibility index (Phi) is 5.83. The molecular formula is C10H21NOS. The normalized spacial score (nSPS) is 24.9. The Bertz CT molecular complexity index is 130. The molecule has 1 aliphatic rings. The van der Waals surface area contributed by atoms with Gasteiger partial charge < -0.3 is 9.64 Å². The van der Waals surface area contributed by atoms with Crippen molar-refractivity contribution in [2.75, 3.05) is 39.1 Å². The minimum atomic E-state index is 0.763. The van der Waals surface area contributed by atoms with Gasteiger partial charge >= 0.3 is 0 Å². The first-order chi connectivity index (χ1) is 6.36. The molecule has 78 valence electrons. The molecule has 0 aliphatic carbocycles. The number of nitrogens with zero attached hydrogens (tertiary/aromatic N) is 1. The molecule has 2 nitrogen and oxygen atoms in total. The molecule has 0 aromatic heterocycles. The summed E-state index contributed by atoms with van der Waals surface area (Å²) in [6.07, 6.45) is 3.88. The van der Waals surface area contributed by atoms with E-state index in [9.17, 15) is 0 Å². The Labute approximate surface area is 87.0 Å². The molecule has 1 heterocycles. The van der Waals surface area contributed by atoms with Crippen LogP contribution in [0.25, 0.3) is 0 Å². The van der Waals surface area contributed by atoms with Crippen molar-refractivity contribution in [2.45, 2.75) is 19.3 Å². The highest BCUT2D eigenvalue weighted by Gasteiger charge is 2.18. The summed E-state index contributed by atoms with van der Waals surface area (Å²) in [5.41, 5.74) is 0. The third-order valence-electron chi connectivity index (χ3n) is 2.64. The third-order valence-corrected chi connectivity index (χ3v) is 2.95. The SMILES string of the molecule is COCC1CCCN(CCCS)C1. The van der Waals surface area contributed by atoms with E-state index in [0.29, 0.717) is 0 Å². The first-order valence-corrected chi connectivity index (χ1v) is 5.82. The van der Waals surface area contributed by atoms with Crippen LogP contribution in [-0.4, -0.2) is 44.0 Å². The molecule has 0 amide bonds. The average molecular weight is 203 g/mol. The fourth-order valence-corrected chi connectivity index (χ4v) is 2.16. The summed E-state index contributed by atoms with van der Waals surface area (Å²) in [4.78, 5) is 2.55. The van der Waals surface area contributed by atoms with Gasteiger partial charge in [-0.2, -0.15) is 12.6 Å². The zero-order chi connectivity index (χ0) is 9.52. The zero-order valence-corrected chi connectivity index (χ0v) is 9.43. The van der Waals surface area contributed by atoms with Crippen molar-refractivity contribution in [2.24, 2.45) is 5.92 Å². The van der Waals surface area contributed by atoms with E-state index in [-0.39, 0.29) is 0 Å². The zero-order valence-electron chi connectivity index (χ0n) is 8.54. The van der Waals surface area contributed by atoms with Crippen LogP contribution in [0.4, 0.5) is 0 Å². The topological polar surface area (TPSA) is 12.5 Å². The second-order valence-corrected chi connectivity index (χ2v) is 4.29. The fraction of sp³-hybridized carbons (Fsp3) is 1.00. The molecule has 1 aliphatic heterocycles. The number of rotatable bonds is 5. The maximum Gasteiger partial charge on any atom is 0.0502 e. The Morgan fingerprint density at radius 3 is 3.08 bits per heavy atom. The van der Waals surface area contributed by atoms with E-state index >= 15 is 0 Å². The van der Waals surface area contributed by atoms with Gasteiger partial charge in [0.25, 0.3) is 0 Å². The molecule has 0 aromatic carbocycles. The van der Waals surface area contributed by atoms with Gasteiger partial charge in [-0.05, 0) is 44.0 Å². The molecular weight excluding hydrogens is 182 g/mol. The molecule has 1 unspecified atom stereocenters. The highest BCUT2D eigenvalue weighted by Crippen LogP contribution is 2.16. The van der Waals surface area contributed by atoms with Crippen LogP contribution in [-0.2, 0) is 4.74 Å². The highest BCUT2D eigenvalue weighted by atomic mass is 32.1. The van der Waals surface area contributed by atoms with Crippen LogP contribution in [0.3, 0.4) is 0 Å². The molecule has 1 saturated heterocycles. The largest absolute Gasteiger partial charge is 0.384 e. The van der Waals surface area contributed by atoms with Crippen LogP contribution in [0.5, 0.6) is 0 Å². The van der Waals surface area contributed by atoms with Gasteiger partial charge in [0.1, 0.15) is 0 Å². The third kappa shape index (κ3) is 4.34. The number of piperidine rings is 1. The van der Waals surface area contributed by atoms with Crippen molar-refractivity contribution < 1.29 is 4.74 Å². The van der Waals surface area contributed by atoms with E-state index in [1.807, 2.05) is 0 Å². The summed E-state index contributed by atoms with van der Waals surface area (Å²) < 4.78 is 5.19. The molecule has 1 rings (SSSR count). The summed E-state index contributed by atoms with van der Waals surface area (Å²) in [6.45, 7) is 4.64. The van der Waals surface area contributed by atoms with Crippen LogP contribution in [0.1, 0.15) is 19.3 Å².